The number of ether oxygens (including phenoxy) is 1. The van der Waals surface area contributed by atoms with E-state index in [4.69, 9.17) is 4.74 Å². The van der Waals surface area contributed by atoms with Gasteiger partial charge in [0.25, 0.3) is 0 Å². The van der Waals surface area contributed by atoms with E-state index in [0.717, 1.165) is 5.75 Å². The Hall–Kier alpha value is -1.57. The van der Waals surface area contributed by atoms with Gasteiger partial charge in [0, 0.05) is 6.21 Å². The van der Waals surface area contributed by atoms with Crippen molar-refractivity contribution in [2.75, 3.05) is 0 Å². The molecule has 0 fully saturated rings. The number of rotatable bonds is 2. The van der Waals surface area contributed by atoms with Crippen molar-refractivity contribution in [3.05, 3.63) is 42.5 Å². The lowest BCUT2D eigenvalue weighted by molar-refractivity contribution is 0.263. The number of nitrogens with zero attached hydrogens (tertiary/aromatic N) is 1. The molecule has 0 radical (unpaired) electrons. The Labute approximate surface area is 71.2 Å². The zero-order valence-electron chi connectivity index (χ0n) is 6.55. The van der Waals surface area contributed by atoms with Gasteiger partial charge >= 0.3 is 0 Å². The van der Waals surface area contributed by atoms with Crippen molar-refractivity contribution in [1.29, 1.82) is 0 Å². The SMILES string of the molecule is C1=CC(Oc2ccccc2)N=C1. The first-order chi connectivity index (χ1) is 5.95. The summed E-state index contributed by atoms with van der Waals surface area (Å²) in [7, 11) is 0. The maximum atomic E-state index is 5.49. The van der Waals surface area contributed by atoms with Crippen LogP contribution < -0.4 is 4.74 Å². The summed E-state index contributed by atoms with van der Waals surface area (Å²) in [4.78, 5) is 4.07. The quantitative estimate of drug-likeness (QED) is 0.647. The van der Waals surface area contributed by atoms with Gasteiger partial charge in [0.1, 0.15) is 5.75 Å². The molecule has 1 heterocycles. The molecular weight excluding hydrogens is 150 g/mol. The summed E-state index contributed by atoms with van der Waals surface area (Å²) in [6, 6.07) is 9.68. The van der Waals surface area contributed by atoms with E-state index in [1.165, 1.54) is 0 Å². The van der Waals surface area contributed by atoms with E-state index in [0.29, 0.717) is 0 Å². The van der Waals surface area contributed by atoms with E-state index >= 15 is 0 Å². The Balaban J connectivity index is 2.04. The summed E-state index contributed by atoms with van der Waals surface area (Å²) in [5.41, 5.74) is 0. The van der Waals surface area contributed by atoms with Crippen LogP contribution in [0.15, 0.2) is 47.5 Å². The second-order valence-electron chi connectivity index (χ2n) is 2.50. The summed E-state index contributed by atoms with van der Waals surface area (Å²) < 4.78 is 5.49. The van der Waals surface area contributed by atoms with Gasteiger partial charge in [0.2, 0.25) is 6.23 Å². The third-order valence-electron chi connectivity index (χ3n) is 1.59. The molecule has 1 aliphatic rings. The molecule has 0 aromatic heterocycles. The highest BCUT2D eigenvalue weighted by Gasteiger charge is 2.04. The lowest BCUT2D eigenvalue weighted by Crippen LogP contribution is -2.07. The summed E-state index contributed by atoms with van der Waals surface area (Å²) in [6.45, 7) is 0. The van der Waals surface area contributed by atoms with Crippen LogP contribution in [0.5, 0.6) is 5.75 Å². The molecule has 0 saturated heterocycles. The van der Waals surface area contributed by atoms with E-state index in [2.05, 4.69) is 4.99 Å². The number of para-hydroxylation sites is 1. The van der Waals surface area contributed by atoms with E-state index in [9.17, 15) is 0 Å². The maximum Gasteiger partial charge on any atom is 0.209 e. The zero-order chi connectivity index (χ0) is 8.23. The first-order valence-corrected chi connectivity index (χ1v) is 3.87. The molecule has 0 spiro atoms. The number of aliphatic imine (C=N–C) groups is 1. The summed E-state index contributed by atoms with van der Waals surface area (Å²) >= 11 is 0. The van der Waals surface area contributed by atoms with Gasteiger partial charge in [-0.15, -0.1) is 0 Å². The minimum Gasteiger partial charge on any atom is -0.465 e. The van der Waals surface area contributed by atoms with E-state index in [1.807, 2.05) is 42.5 Å². The predicted molar refractivity (Wildman–Crippen MR) is 48.5 cm³/mol. The standard InChI is InChI=1S/C10H9NO/c1-2-5-9(6-3-1)12-10-7-4-8-11-10/h1-8,10H. The molecule has 60 valence electrons. The fourth-order valence-corrected chi connectivity index (χ4v) is 1.04. The van der Waals surface area contributed by atoms with Gasteiger partial charge in [-0.05, 0) is 24.3 Å². The average molecular weight is 159 g/mol. The largest absolute Gasteiger partial charge is 0.465 e. The predicted octanol–water partition coefficient (Wildman–Crippen LogP) is 2.03. The van der Waals surface area contributed by atoms with Crippen LogP contribution in [0, 0.1) is 0 Å². The number of allylic oxidation sites excluding steroid dienone is 1. The van der Waals surface area contributed by atoms with Crippen molar-refractivity contribution in [3.8, 4) is 5.75 Å². The molecule has 1 aliphatic heterocycles. The van der Waals surface area contributed by atoms with Crippen molar-refractivity contribution >= 4 is 6.21 Å². The highest BCUT2D eigenvalue weighted by Crippen LogP contribution is 2.12. The average Bonchev–Trinajstić information content (AvgIpc) is 2.59. The van der Waals surface area contributed by atoms with Gasteiger partial charge < -0.3 is 4.74 Å². The lowest BCUT2D eigenvalue weighted by Gasteiger charge is -2.07. The molecule has 0 amide bonds. The molecule has 0 aliphatic carbocycles. The Kier molecular flexibility index (Phi) is 1.90. The van der Waals surface area contributed by atoms with Gasteiger partial charge in [-0.1, -0.05) is 18.2 Å². The summed E-state index contributed by atoms with van der Waals surface area (Å²) in [6.07, 6.45) is 5.40. The minimum absolute atomic E-state index is 0.132. The van der Waals surface area contributed by atoms with Crippen LogP contribution in [0.1, 0.15) is 0 Å². The second kappa shape index (κ2) is 3.22. The smallest absolute Gasteiger partial charge is 0.209 e. The Bertz CT molecular complexity index is 291. The van der Waals surface area contributed by atoms with Gasteiger partial charge in [-0.2, -0.15) is 0 Å². The molecule has 1 aromatic carbocycles. The van der Waals surface area contributed by atoms with Crippen LogP contribution in [0.2, 0.25) is 0 Å². The Morgan fingerprint density at radius 3 is 2.67 bits per heavy atom. The van der Waals surface area contributed by atoms with Crippen molar-refractivity contribution < 1.29 is 4.74 Å². The minimum atomic E-state index is -0.132. The fraction of sp³-hybridized carbons (Fsp3) is 0.100. The van der Waals surface area contributed by atoms with Gasteiger partial charge in [0.05, 0.1) is 0 Å². The van der Waals surface area contributed by atoms with Crippen LogP contribution in [-0.4, -0.2) is 12.4 Å². The van der Waals surface area contributed by atoms with Gasteiger partial charge in [-0.25, -0.2) is 4.99 Å². The van der Waals surface area contributed by atoms with Crippen LogP contribution in [0.25, 0.3) is 0 Å². The summed E-state index contributed by atoms with van der Waals surface area (Å²) in [5.74, 6) is 0.853. The molecule has 1 unspecified atom stereocenters. The lowest BCUT2D eigenvalue weighted by atomic mass is 10.3. The molecule has 1 atom stereocenters. The van der Waals surface area contributed by atoms with Crippen LogP contribution >= 0.6 is 0 Å². The Morgan fingerprint density at radius 1 is 1.17 bits per heavy atom. The van der Waals surface area contributed by atoms with E-state index in [1.54, 1.807) is 6.21 Å². The molecule has 2 rings (SSSR count). The van der Waals surface area contributed by atoms with Crippen molar-refractivity contribution in [2.24, 2.45) is 4.99 Å². The van der Waals surface area contributed by atoms with Crippen molar-refractivity contribution in [3.63, 3.8) is 0 Å². The monoisotopic (exact) mass is 159 g/mol. The highest BCUT2D eigenvalue weighted by atomic mass is 16.5. The topological polar surface area (TPSA) is 21.6 Å². The van der Waals surface area contributed by atoms with Crippen LogP contribution in [-0.2, 0) is 0 Å². The first-order valence-electron chi connectivity index (χ1n) is 3.87. The highest BCUT2D eigenvalue weighted by molar-refractivity contribution is 5.73. The number of hydrogen-bond acceptors (Lipinski definition) is 2. The zero-order valence-corrected chi connectivity index (χ0v) is 6.55. The third-order valence-corrected chi connectivity index (χ3v) is 1.59. The number of hydrogen-bond donors (Lipinski definition) is 0. The second-order valence-corrected chi connectivity index (χ2v) is 2.50. The first kappa shape index (κ1) is 7.10. The van der Waals surface area contributed by atoms with Crippen molar-refractivity contribution in [2.45, 2.75) is 6.23 Å². The molecule has 0 N–H and O–H groups in total. The molecule has 0 bridgehead atoms. The molecule has 0 saturated carbocycles. The maximum absolute atomic E-state index is 5.49. The third kappa shape index (κ3) is 1.53. The van der Waals surface area contributed by atoms with E-state index < -0.39 is 0 Å². The van der Waals surface area contributed by atoms with Crippen LogP contribution in [0.4, 0.5) is 0 Å². The number of benzene rings is 1. The van der Waals surface area contributed by atoms with E-state index in [-0.39, 0.29) is 6.23 Å². The molecule has 2 heteroatoms. The normalized spacial score (nSPS) is 19.8. The van der Waals surface area contributed by atoms with Gasteiger partial charge in [-0.3, -0.25) is 0 Å². The summed E-state index contributed by atoms with van der Waals surface area (Å²) in [5, 5.41) is 0. The molecular formula is C10H9NO. The van der Waals surface area contributed by atoms with Gasteiger partial charge in [0.15, 0.2) is 0 Å². The molecule has 1 aromatic rings. The molecule has 12 heavy (non-hydrogen) atoms. The fourth-order valence-electron chi connectivity index (χ4n) is 1.04. The Morgan fingerprint density at radius 2 is 2.00 bits per heavy atom. The van der Waals surface area contributed by atoms with Crippen LogP contribution in [0.3, 0.4) is 0 Å². The van der Waals surface area contributed by atoms with Crippen molar-refractivity contribution in [1.82, 2.24) is 0 Å². The molecule has 2 nitrogen and oxygen atoms in total.